The summed E-state index contributed by atoms with van der Waals surface area (Å²) in [5.41, 5.74) is 0.855. The van der Waals surface area contributed by atoms with Crippen LogP contribution in [-0.4, -0.2) is 30.4 Å². The highest BCUT2D eigenvalue weighted by Crippen LogP contribution is 2.15. The Morgan fingerprint density at radius 2 is 2.06 bits per heavy atom. The number of likely N-dealkylation sites (N-methyl/N-ethyl adjacent to an activating group) is 1. The lowest BCUT2D eigenvalue weighted by Crippen LogP contribution is -2.37. The predicted molar refractivity (Wildman–Crippen MR) is 71.0 cm³/mol. The average Bonchev–Trinajstić information content (AvgIpc) is 2.35. The second-order valence-corrected chi connectivity index (χ2v) is 4.33. The summed E-state index contributed by atoms with van der Waals surface area (Å²) in [6.07, 6.45) is 0. The highest BCUT2D eigenvalue weighted by atomic mass is 35.5. The monoisotopic (exact) mass is 272 g/mol. The van der Waals surface area contributed by atoms with Crippen LogP contribution in [0.5, 0.6) is 0 Å². The smallest absolute Gasteiger partial charge is 0.236 e. The van der Waals surface area contributed by atoms with E-state index in [9.17, 15) is 9.18 Å². The van der Waals surface area contributed by atoms with E-state index in [0.717, 1.165) is 5.56 Å². The van der Waals surface area contributed by atoms with Crippen LogP contribution in [0.1, 0.15) is 19.4 Å². The molecule has 18 heavy (non-hydrogen) atoms. The molecular formula is C13H18ClFN2O. The molecule has 0 saturated heterocycles. The van der Waals surface area contributed by atoms with E-state index < -0.39 is 5.82 Å². The molecule has 1 aromatic rings. The van der Waals surface area contributed by atoms with Crippen molar-refractivity contribution in [2.24, 2.45) is 0 Å². The van der Waals surface area contributed by atoms with Crippen LogP contribution in [0, 0.1) is 5.82 Å². The highest BCUT2D eigenvalue weighted by Gasteiger charge is 2.08. The number of rotatable bonds is 6. The number of amides is 1. The molecule has 0 heterocycles. The number of carbonyl (C=O) groups is 1. The lowest BCUT2D eigenvalue weighted by molar-refractivity contribution is -0.129. The van der Waals surface area contributed by atoms with Gasteiger partial charge in [0.2, 0.25) is 5.91 Å². The number of halogens is 2. The van der Waals surface area contributed by atoms with E-state index in [1.165, 1.54) is 6.07 Å². The summed E-state index contributed by atoms with van der Waals surface area (Å²) in [4.78, 5) is 13.4. The van der Waals surface area contributed by atoms with E-state index in [2.05, 4.69) is 5.32 Å². The predicted octanol–water partition coefficient (Wildman–Crippen LogP) is 2.44. The molecule has 0 aliphatic carbocycles. The van der Waals surface area contributed by atoms with Gasteiger partial charge in [0.1, 0.15) is 5.82 Å². The fraction of sp³-hybridized carbons (Fsp3) is 0.462. The number of hydrogen-bond acceptors (Lipinski definition) is 2. The zero-order valence-corrected chi connectivity index (χ0v) is 11.4. The van der Waals surface area contributed by atoms with Gasteiger partial charge in [-0.25, -0.2) is 4.39 Å². The third kappa shape index (κ3) is 4.27. The Morgan fingerprint density at radius 3 is 2.61 bits per heavy atom. The van der Waals surface area contributed by atoms with E-state index in [1.807, 2.05) is 13.8 Å². The summed E-state index contributed by atoms with van der Waals surface area (Å²) >= 11 is 5.67. The topological polar surface area (TPSA) is 32.3 Å². The quantitative estimate of drug-likeness (QED) is 0.863. The Labute approximate surface area is 112 Å². The first kappa shape index (κ1) is 14.9. The Hall–Kier alpha value is -1.13. The molecule has 100 valence electrons. The molecule has 5 heteroatoms. The maximum atomic E-state index is 12.9. The van der Waals surface area contributed by atoms with Crippen LogP contribution < -0.4 is 5.32 Å². The molecule has 0 radical (unpaired) electrons. The van der Waals surface area contributed by atoms with Gasteiger partial charge in [-0.15, -0.1) is 0 Å². The van der Waals surface area contributed by atoms with Crippen molar-refractivity contribution in [1.29, 1.82) is 0 Å². The number of nitrogens with zero attached hydrogens (tertiary/aromatic N) is 1. The molecule has 0 aliphatic rings. The van der Waals surface area contributed by atoms with Gasteiger partial charge in [-0.3, -0.25) is 4.79 Å². The van der Waals surface area contributed by atoms with Crippen molar-refractivity contribution in [2.75, 3.05) is 19.6 Å². The van der Waals surface area contributed by atoms with E-state index in [1.54, 1.807) is 17.0 Å². The van der Waals surface area contributed by atoms with Crippen molar-refractivity contribution < 1.29 is 9.18 Å². The first-order valence-corrected chi connectivity index (χ1v) is 6.38. The minimum absolute atomic E-state index is 0.0632. The van der Waals surface area contributed by atoms with Crippen LogP contribution in [0.2, 0.25) is 5.02 Å². The molecule has 1 amide bonds. The molecule has 0 atom stereocenters. The van der Waals surface area contributed by atoms with Crippen molar-refractivity contribution in [2.45, 2.75) is 20.4 Å². The van der Waals surface area contributed by atoms with E-state index in [4.69, 9.17) is 11.6 Å². The highest BCUT2D eigenvalue weighted by molar-refractivity contribution is 6.30. The standard InChI is InChI=1S/C13H18ClFN2O/c1-3-17(4-2)13(18)9-16-8-10-5-6-12(15)11(14)7-10/h5-7,16H,3-4,8-9H2,1-2H3. The molecule has 0 aliphatic heterocycles. The van der Waals surface area contributed by atoms with Gasteiger partial charge in [0.15, 0.2) is 0 Å². The summed E-state index contributed by atoms with van der Waals surface area (Å²) in [6.45, 7) is 6.07. The molecule has 3 nitrogen and oxygen atoms in total. The SMILES string of the molecule is CCN(CC)C(=O)CNCc1ccc(F)c(Cl)c1. The molecule has 0 aromatic heterocycles. The van der Waals surface area contributed by atoms with E-state index >= 15 is 0 Å². The number of hydrogen-bond donors (Lipinski definition) is 1. The second kappa shape index (κ2) is 7.34. The molecule has 0 unspecified atom stereocenters. The van der Waals surface area contributed by atoms with Crippen LogP contribution in [-0.2, 0) is 11.3 Å². The van der Waals surface area contributed by atoms with Crippen LogP contribution in [0.25, 0.3) is 0 Å². The zero-order valence-electron chi connectivity index (χ0n) is 10.7. The van der Waals surface area contributed by atoms with Gasteiger partial charge < -0.3 is 10.2 Å². The molecular weight excluding hydrogens is 255 g/mol. The summed E-state index contributed by atoms with van der Waals surface area (Å²) < 4.78 is 12.9. The molecule has 0 saturated carbocycles. The van der Waals surface area contributed by atoms with Crippen LogP contribution in [0.3, 0.4) is 0 Å². The zero-order chi connectivity index (χ0) is 13.5. The van der Waals surface area contributed by atoms with Crippen molar-refractivity contribution in [3.8, 4) is 0 Å². The summed E-state index contributed by atoms with van der Waals surface area (Å²) in [5, 5.41) is 3.13. The number of carbonyl (C=O) groups excluding carboxylic acids is 1. The van der Waals surface area contributed by atoms with Crippen LogP contribution in [0.15, 0.2) is 18.2 Å². The molecule has 1 aromatic carbocycles. The first-order valence-electron chi connectivity index (χ1n) is 6.00. The molecule has 0 bridgehead atoms. The number of nitrogens with one attached hydrogen (secondary N) is 1. The molecule has 1 N–H and O–H groups in total. The summed E-state index contributed by atoms with van der Waals surface area (Å²) in [6, 6.07) is 4.54. The van der Waals surface area contributed by atoms with Gasteiger partial charge in [0.05, 0.1) is 11.6 Å². The van der Waals surface area contributed by atoms with Gasteiger partial charge in [-0.1, -0.05) is 17.7 Å². The second-order valence-electron chi connectivity index (χ2n) is 3.92. The Kier molecular flexibility index (Phi) is 6.09. The minimum atomic E-state index is -0.431. The first-order chi connectivity index (χ1) is 8.58. The van der Waals surface area contributed by atoms with Gasteiger partial charge in [-0.05, 0) is 31.5 Å². The lowest BCUT2D eigenvalue weighted by atomic mass is 10.2. The Bertz CT molecular complexity index is 408. The third-order valence-electron chi connectivity index (χ3n) is 2.71. The van der Waals surface area contributed by atoms with E-state index in [0.29, 0.717) is 19.6 Å². The van der Waals surface area contributed by atoms with Crippen LogP contribution >= 0.6 is 11.6 Å². The van der Waals surface area contributed by atoms with Crippen LogP contribution in [0.4, 0.5) is 4.39 Å². The average molecular weight is 273 g/mol. The largest absolute Gasteiger partial charge is 0.342 e. The fourth-order valence-corrected chi connectivity index (χ4v) is 1.85. The molecule has 0 fully saturated rings. The third-order valence-corrected chi connectivity index (χ3v) is 3.00. The molecule has 1 rings (SSSR count). The van der Waals surface area contributed by atoms with Gasteiger partial charge in [0, 0.05) is 19.6 Å². The maximum absolute atomic E-state index is 12.9. The Balaban J connectivity index is 2.41. The Morgan fingerprint density at radius 1 is 1.39 bits per heavy atom. The van der Waals surface area contributed by atoms with Crippen molar-refractivity contribution >= 4 is 17.5 Å². The van der Waals surface area contributed by atoms with Gasteiger partial charge in [0.25, 0.3) is 0 Å². The summed E-state index contributed by atoms with van der Waals surface area (Å²) in [5.74, 6) is -0.368. The van der Waals surface area contributed by atoms with E-state index in [-0.39, 0.29) is 17.5 Å². The number of benzene rings is 1. The maximum Gasteiger partial charge on any atom is 0.236 e. The van der Waals surface area contributed by atoms with Gasteiger partial charge in [-0.2, -0.15) is 0 Å². The van der Waals surface area contributed by atoms with Crippen molar-refractivity contribution in [3.05, 3.63) is 34.6 Å². The lowest BCUT2D eigenvalue weighted by Gasteiger charge is -2.18. The minimum Gasteiger partial charge on any atom is -0.342 e. The normalized spacial score (nSPS) is 10.4. The van der Waals surface area contributed by atoms with Crippen molar-refractivity contribution in [1.82, 2.24) is 10.2 Å². The van der Waals surface area contributed by atoms with Crippen molar-refractivity contribution in [3.63, 3.8) is 0 Å². The fourth-order valence-electron chi connectivity index (χ4n) is 1.65. The summed E-state index contributed by atoms with van der Waals surface area (Å²) in [7, 11) is 0. The molecule has 0 spiro atoms. The van der Waals surface area contributed by atoms with Gasteiger partial charge >= 0.3 is 0 Å².